The van der Waals surface area contributed by atoms with E-state index in [0.29, 0.717) is 6.07 Å². The quantitative estimate of drug-likeness (QED) is 0.782. The average molecular weight is 293 g/mol. The summed E-state index contributed by atoms with van der Waals surface area (Å²) >= 11 is 5.54. The first-order valence-electron chi connectivity index (χ1n) is 4.90. The summed E-state index contributed by atoms with van der Waals surface area (Å²) in [4.78, 5) is 0. The average Bonchev–Trinajstić information content (AvgIpc) is 2.32. The lowest BCUT2D eigenvalue weighted by molar-refractivity contribution is -0.141. The molecule has 0 saturated carbocycles. The second kappa shape index (κ2) is 5.00. The van der Waals surface area contributed by atoms with Crippen molar-refractivity contribution in [2.24, 2.45) is 0 Å². The van der Waals surface area contributed by atoms with Crippen molar-refractivity contribution in [3.8, 4) is 11.6 Å². The molecule has 0 bridgehead atoms. The van der Waals surface area contributed by atoms with Gasteiger partial charge in [-0.15, -0.1) is 10.2 Å². The maximum absolute atomic E-state index is 13.4. The van der Waals surface area contributed by atoms with Gasteiger partial charge in [0.2, 0.25) is 5.88 Å². The highest BCUT2D eigenvalue weighted by molar-refractivity contribution is 6.30. The predicted octanol–water partition coefficient (Wildman–Crippen LogP) is 4.08. The van der Waals surface area contributed by atoms with Crippen molar-refractivity contribution < 1.29 is 22.3 Å². The number of nitrogens with zero attached hydrogens (tertiary/aromatic N) is 2. The van der Waals surface area contributed by atoms with Crippen molar-refractivity contribution >= 4 is 11.6 Å². The fourth-order valence-electron chi connectivity index (χ4n) is 1.20. The van der Waals surface area contributed by atoms with Gasteiger partial charge < -0.3 is 4.74 Å². The SMILES string of the molecule is Fc1cc(Cl)ccc1Oc1ccc(C(F)(F)F)nn1. The molecule has 0 aliphatic rings. The molecule has 0 aliphatic carbocycles. The summed E-state index contributed by atoms with van der Waals surface area (Å²) in [5.74, 6) is -1.22. The van der Waals surface area contributed by atoms with Crippen LogP contribution in [-0.2, 0) is 6.18 Å². The lowest BCUT2D eigenvalue weighted by Crippen LogP contribution is -2.08. The molecule has 0 spiro atoms. The second-order valence-electron chi connectivity index (χ2n) is 3.43. The molecule has 0 fully saturated rings. The maximum atomic E-state index is 13.4. The Morgan fingerprint density at radius 1 is 1.05 bits per heavy atom. The van der Waals surface area contributed by atoms with Gasteiger partial charge in [-0.2, -0.15) is 13.2 Å². The van der Waals surface area contributed by atoms with Crippen molar-refractivity contribution in [3.05, 3.63) is 46.9 Å². The molecule has 1 aromatic carbocycles. The summed E-state index contributed by atoms with van der Waals surface area (Å²) in [6, 6.07) is 5.25. The molecule has 19 heavy (non-hydrogen) atoms. The van der Waals surface area contributed by atoms with E-state index in [9.17, 15) is 17.6 Å². The first kappa shape index (κ1) is 13.5. The second-order valence-corrected chi connectivity index (χ2v) is 3.87. The van der Waals surface area contributed by atoms with Crippen LogP contribution in [-0.4, -0.2) is 10.2 Å². The minimum absolute atomic E-state index is 0.170. The largest absolute Gasteiger partial charge is 0.435 e. The third-order valence-electron chi connectivity index (χ3n) is 2.04. The van der Waals surface area contributed by atoms with E-state index in [-0.39, 0.29) is 16.7 Å². The molecule has 1 aromatic heterocycles. The molecule has 0 unspecified atom stereocenters. The molecule has 0 atom stereocenters. The van der Waals surface area contributed by atoms with Crippen molar-refractivity contribution in [2.75, 3.05) is 0 Å². The fourth-order valence-corrected chi connectivity index (χ4v) is 1.36. The zero-order valence-corrected chi connectivity index (χ0v) is 9.84. The van der Waals surface area contributed by atoms with E-state index in [4.69, 9.17) is 16.3 Å². The lowest BCUT2D eigenvalue weighted by atomic mass is 10.3. The van der Waals surface area contributed by atoms with Gasteiger partial charge in [0.15, 0.2) is 17.3 Å². The highest BCUT2D eigenvalue weighted by Crippen LogP contribution is 2.29. The Labute approximate surface area is 109 Å². The summed E-state index contributed by atoms with van der Waals surface area (Å²) in [6.45, 7) is 0. The number of benzene rings is 1. The van der Waals surface area contributed by atoms with Crippen LogP contribution in [0.5, 0.6) is 11.6 Å². The van der Waals surface area contributed by atoms with Crippen molar-refractivity contribution in [1.82, 2.24) is 10.2 Å². The zero-order valence-electron chi connectivity index (χ0n) is 9.08. The van der Waals surface area contributed by atoms with Gasteiger partial charge in [0.25, 0.3) is 0 Å². The van der Waals surface area contributed by atoms with Gasteiger partial charge in [-0.3, -0.25) is 0 Å². The molecule has 1 heterocycles. The highest BCUT2D eigenvalue weighted by Gasteiger charge is 2.33. The number of alkyl halides is 3. The minimum atomic E-state index is -4.59. The van der Waals surface area contributed by atoms with Crippen LogP contribution in [0.4, 0.5) is 17.6 Å². The number of ether oxygens (including phenoxy) is 1. The van der Waals surface area contributed by atoms with E-state index < -0.39 is 17.7 Å². The smallest absolute Gasteiger partial charge is 0.434 e. The summed E-state index contributed by atoms with van der Waals surface area (Å²) in [5.41, 5.74) is -1.16. The Morgan fingerprint density at radius 3 is 2.32 bits per heavy atom. The van der Waals surface area contributed by atoms with E-state index >= 15 is 0 Å². The number of rotatable bonds is 2. The Kier molecular flexibility index (Phi) is 3.57. The maximum Gasteiger partial charge on any atom is 0.435 e. The van der Waals surface area contributed by atoms with Crippen LogP contribution in [0.3, 0.4) is 0 Å². The summed E-state index contributed by atoms with van der Waals surface area (Å²) in [5, 5.41) is 6.33. The summed E-state index contributed by atoms with van der Waals surface area (Å²) < 4.78 is 55.0. The van der Waals surface area contributed by atoms with Crippen LogP contribution >= 0.6 is 11.6 Å². The molecule has 8 heteroatoms. The molecular formula is C11H5ClF4N2O. The molecule has 0 aliphatic heterocycles. The molecule has 2 rings (SSSR count). The highest BCUT2D eigenvalue weighted by atomic mass is 35.5. The van der Waals surface area contributed by atoms with E-state index in [1.165, 1.54) is 12.1 Å². The molecule has 0 amide bonds. The normalized spacial score (nSPS) is 11.4. The Balaban J connectivity index is 2.20. The third-order valence-corrected chi connectivity index (χ3v) is 2.27. The van der Waals surface area contributed by atoms with Crippen molar-refractivity contribution in [1.29, 1.82) is 0 Å². The van der Waals surface area contributed by atoms with Crippen LogP contribution < -0.4 is 4.74 Å². The predicted molar refractivity (Wildman–Crippen MR) is 58.5 cm³/mol. The molecular weight excluding hydrogens is 288 g/mol. The van der Waals surface area contributed by atoms with Crippen molar-refractivity contribution in [3.63, 3.8) is 0 Å². The van der Waals surface area contributed by atoms with Crippen LogP contribution in [0.1, 0.15) is 5.69 Å². The zero-order chi connectivity index (χ0) is 14.0. The molecule has 0 saturated heterocycles. The van der Waals surface area contributed by atoms with Crippen LogP contribution in [0, 0.1) is 5.82 Å². The third kappa shape index (κ3) is 3.31. The summed E-state index contributed by atoms with van der Waals surface area (Å²) in [6.07, 6.45) is -4.59. The molecule has 0 radical (unpaired) electrons. The van der Waals surface area contributed by atoms with E-state index in [1.807, 2.05) is 0 Å². The standard InChI is InChI=1S/C11H5ClF4N2O/c12-6-1-2-8(7(13)5-6)19-10-4-3-9(17-18-10)11(14,15)16/h1-5H. The van der Waals surface area contributed by atoms with Crippen LogP contribution in [0.2, 0.25) is 5.02 Å². The number of halogens is 5. The molecule has 100 valence electrons. The minimum Gasteiger partial charge on any atom is -0.434 e. The first-order chi connectivity index (χ1) is 8.86. The van der Waals surface area contributed by atoms with E-state index in [2.05, 4.69) is 10.2 Å². The molecule has 0 N–H and O–H groups in total. The van der Waals surface area contributed by atoms with Gasteiger partial charge in [-0.25, -0.2) is 4.39 Å². The van der Waals surface area contributed by atoms with Gasteiger partial charge in [0.1, 0.15) is 0 Å². The molecule has 2 aromatic rings. The summed E-state index contributed by atoms with van der Waals surface area (Å²) in [7, 11) is 0. The van der Waals surface area contributed by atoms with Gasteiger partial charge in [0.05, 0.1) is 0 Å². The monoisotopic (exact) mass is 292 g/mol. The molecule has 3 nitrogen and oxygen atoms in total. The van der Waals surface area contributed by atoms with E-state index in [0.717, 1.165) is 12.1 Å². The van der Waals surface area contributed by atoms with E-state index in [1.54, 1.807) is 0 Å². The fraction of sp³-hybridized carbons (Fsp3) is 0.0909. The number of hydrogen-bond acceptors (Lipinski definition) is 3. The van der Waals surface area contributed by atoms with Crippen LogP contribution in [0.25, 0.3) is 0 Å². The van der Waals surface area contributed by atoms with Gasteiger partial charge in [-0.1, -0.05) is 11.6 Å². The Bertz CT molecular complexity index is 586. The Morgan fingerprint density at radius 2 is 1.79 bits per heavy atom. The van der Waals surface area contributed by atoms with Crippen LogP contribution in [0.15, 0.2) is 30.3 Å². The Hall–Kier alpha value is -1.89. The lowest BCUT2D eigenvalue weighted by Gasteiger charge is -2.07. The first-order valence-corrected chi connectivity index (χ1v) is 5.28. The van der Waals surface area contributed by atoms with Gasteiger partial charge >= 0.3 is 6.18 Å². The topological polar surface area (TPSA) is 35.0 Å². The number of hydrogen-bond donors (Lipinski definition) is 0. The van der Waals surface area contributed by atoms with Crippen molar-refractivity contribution in [2.45, 2.75) is 6.18 Å². The number of aromatic nitrogens is 2. The van der Waals surface area contributed by atoms with Gasteiger partial charge in [0, 0.05) is 11.1 Å². The van der Waals surface area contributed by atoms with Gasteiger partial charge in [-0.05, 0) is 24.3 Å².